The molecule has 1 aromatic heterocycles. The van der Waals surface area contributed by atoms with Gasteiger partial charge in [-0.05, 0) is 19.9 Å². The van der Waals surface area contributed by atoms with Crippen molar-refractivity contribution in [3.63, 3.8) is 0 Å². The molecule has 0 radical (unpaired) electrons. The van der Waals surface area contributed by atoms with Crippen molar-refractivity contribution in [3.05, 3.63) is 27.4 Å². The summed E-state index contributed by atoms with van der Waals surface area (Å²) >= 11 is 5.81. The van der Waals surface area contributed by atoms with E-state index in [2.05, 4.69) is 4.98 Å². The number of ether oxygens (including phenoxy) is 1. The van der Waals surface area contributed by atoms with Gasteiger partial charge in [-0.15, -0.1) is 0 Å². The summed E-state index contributed by atoms with van der Waals surface area (Å²) in [5.74, 6) is 0.646. The molecule has 0 bridgehead atoms. The Kier molecular flexibility index (Phi) is 3.68. The van der Waals surface area contributed by atoms with Crippen molar-refractivity contribution in [2.45, 2.75) is 26.1 Å². The molecule has 1 saturated heterocycles. The topological polar surface area (TPSA) is 68.5 Å². The number of nitrogens with zero attached hydrogens (tertiary/aromatic N) is 3. The molecular formula is C11H14ClN3O3. The van der Waals surface area contributed by atoms with Crippen molar-refractivity contribution in [1.29, 1.82) is 0 Å². The predicted octanol–water partition coefficient (Wildman–Crippen LogP) is 2.26. The predicted molar refractivity (Wildman–Crippen MR) is 68.1 cm³/mol. The number of hydrogen-bond acceptors (Lipinski definition) is 5. The van der Waals surface area contributed by atoms with E-state index in [0.29, 0.717) is 18.9 Å². The lowest BCUT2D eigenvalue weighted by Crippen LogP contribution is -2.45. The first kappa shape index (κ1) is 13.0. The molecule has 7 heteroatoms. The fraction of sp³-hybridized carbons (Fsp3) is 0.545. The molecule has 0 saturated carbocycles. The number of halogens is 1. The van der Waals surface area contributed by atoms with Gasteiger partial charge in [-0.25, -0.2) is 4.98 Å². The number of anilines is 1. The third kappa shape index (κ3) is 2.70. The fourth-order valence-electron chi connectivity index (χ4n) is 2.09. The molecular weight excluding hydrogens is 258 g/mol. The number of morpholine rings is 1. The largest absolute Gasteiger partial charge is 0.372 e. The minimum atomic E-state index is -0.538. The van der Waals surface area contributed by atoms with Gasteiger partial charge in [-0.2, -0.15) is 0 Å². The summed E-state index contributed by atoms with van der Waals surface area (Å²) in [7, 11) is 0. The summed E-state index contributed by atoms with van der Waals surface area (Å²) < 4.78 is 5.62. The summed E-state index contributed by atoms with van der Waals surface area (Å²) in [5, 5.41) is 10.6. The van der Waals surface area contributed by atoms with Crippen molar-refractivity contribution in [1.82, 2.24) is 4.98 Å². The number of aromatic nitrogens is 1. The Morgan fingerprint density at radius 1 is 1.44 bits per heavy atom. The van der Waals surface area contributed by atoms with E-state index in [1.54, 1.807) is 6.07 Å². The van der Waals surface area contributed by atoms with Crippen LogP contribution in [0.5, 0.6) is 0 Å². The van der Waals surface area contributed by atoms with Gasteiger partial charge in [0.05, 0.1) is 17.1 Å². The van der Waals surface area contributed by atoms with Gasteiger partial charge in [-0.3, -0.25) is 10.1 Å². The molecule has 18 heavy (non-hydrogen) atoms. The molecule has 0 spiro atoms. The molecule has 2 atom stereocenters. The quantitative estimate of drug-likeness (QED) is 0.469. The maximum absolute atomic E-state index is 10.7. The van der Waals surface area contributed by atoms with Gasteiger partial charge < -0.3 is 9.64 Å². The molecule has 1 aliphatic rings. The van der Waals surface area contributed by atoms with Gasteiger partial charge in [0.2, 0.25) is 5.15 Å². The van der Waals surface area contributed by atoms with Crippen LogP contribution in [0.4, 0.5) is 11.5 Å². The van der Waals surface area contributed by atoms with E-state index in [0.717, 1.165) is 0 Å². The molecule has 0 amide bonds. The van der Waals surface area contributed by atoms with Crippen molar-refractivity contribution in [3.8, 4) is 0 Å². The van der Waals surface area contributed by atoms with E-state index in [-0.39, 0.29) is 23.0 Å². The Morgan fingerprint density at radius 2 is 2.06 bits per heavy atom. The van der Waals surface area contributed by atoms with Gasteiger partial charge >= 0.3 is 5.69 Å². The van der Waals surface area contributed by atoms with E-state index >= 15 is 0 Å². The molecule has 1 aromatic rings. The van der Waals surface area contributed by atoms with Crippen LogP contribution in [0.1, 0.15) is 13.8 Å². The van der Waals surface area contributed by atoms with Crippen LogP contribution in [-0.4, -0.2) is 35.2 Å². The smallest absolute Gasteiger partial charge is 0.306 e. The highest BCUT2D eigenvalue weighted by Crippen LogP contribution is 2.26. The van der Waals surface area contributed by atoms with Gasteiger partial charge in [0.1, 0.15) is 5.82 Å². The van der Waals surface area contributed by atoms with Gasteiger partial charge in [-0.1, -0.05) is 11.6 Å². The maximum atomic E-state index is 10.7. The first-order chi connectivity index (χ1) is 8.47. The Morgan fingerprint density at radius 3 is 2.56 bits per heavy atom. The molecule has 0 aromatic carbocycles. The van der Waals surface area contributed by atoms with E-state index in [9.17, 15) is 10.1 Å². The summed E-state index contributed by atoms with van der Waals surface area (Å²) in [6.45, 7) is 5.36. The molecule has 2 rings (SSSR count). The molecule has 0 N–H and O–H groups in total. The summed E-state index contributed by atoms with van der Waals surface area (Å²) in [4.78, 5) is 16.2. The average molecular weight is 272 g/mol. The van der Waals surface area contributed by atoms with Crippen molar-refractivity contribution in [2.24, 2.45) is 0 Å². The standard InChI is InChI=1S/C11H14ClN3O3/c1-7-5-14(6-8(2)18-7)10-4-3-9(15(16)17)11(12)13-10/h3-4,7-8H,5-6H2,1-2H3/t7-,8+. The summed E-state index contributed by atoms with van der Waals surface area (Å²) in [6, 6.07) is 3.00. The van der Waals surface area contributed by atoms with E-state index in [1.807, 2.05) is 18.7 Å². The van der Waals surface area contributed by atoms with Crippen LogP contribution in [0.25, 0.3) is 0 Å². The highest BCUT2D eigenvalue weighted by atomic mass is 35.5. The maximum Gasteiger partial charge on any atom is 0.306 e. The normalized spacial score (nSPS) is 24.1. The van der Waals surface area contributed by atoms with E-state index in [1.165, 1.54) is 6.07 Å². The van der Waals surface area contributed by atoms with Crippen LogP contribution in [0.3, 0.4) is 0 Å². The van der Waals surface area contributed by atoms with E-state index in [4.69, 9.17) is 16.3 Å². The average Bonchev–Trinajstić information content (AvgIpc) is 2.26. The first-order valence-corrected chi connectivity index (χ1v) is 6.06. The monoisotopic (exact) mass is 271 g/mol. The van der Waals surface area contributed by atoms with Crippen LogP contribution in [0.15, 0.2) is 12.1 Å². The number of pyridine rings is 1. The Balaban J connectivity index is 2.23. The van der Waals surface area contributed by atoms with Crippen molar-refractivity contribution < 1.29 is 9.66 Å². The molecule has 0 unspecified atom stereocenters. The highest BCUT2D eigenvalue weighted by molar-refractivity contribution is 6.31. The molecule has 6 nitrogen and oxygen atoms in total. The zero-order chi connectivity index (χ0) is 13.3. The van der Waals surface area contributed by atoms with Crippen LogP contribution < -0.4 is 4.90 Å². The second kappa shape index (κ2) is 5.07. The lowest BCUT2D eigenvalue weighted by molar-refractivity contribution is -0.385. The molecule has 98 valence electrons. The Labute approximate surface area is 110 Å². The van der Waals surface area contributed by atoms with Gasteiger partial charge in [0.15, 0.2) is 0 Å². The number of hydrogen-bond donors (Lipinski definition) is 0. The third-order valence-electron chi connectivity index (χ3n) is 2.75. The van der Waals surface area contributed by atoms with Crippen molar-refractivity contribution >= 4 is 23.1 Å². The van der Waals surface area contributed by atoms with Crippen LogP contribution in [0.2, 0.25) is 5.15 Å². The molecule has 1 aliphatic heterocycles. The zero-order valence-electron chi connectivity index (χ0n) is 10.2. The third-order valence-corrected chi connectivity index (χ3v) is 3.03. The fourth-order valence-corrected chi connectivity index (χ4v) is 2.31. The number of nitro groups is 1. The zero-order valence-corrected chi connectivity index (χ0v) is 10.9. The minimum absolute atomic E-state index is 0.0794. The lowest BCUT2D eigenvalue weighted by Gasteiger charge is -2.36. The van der Waals surface area contributed by atoms with Crippen LogP contribution in [0, 0.1) is 10.1 Å². The summed E-state index contributed by atoms with van der Waals surface area (Å²) in [5.41, 5.74) is -0.172. The highest BCUT2D eigenvalue weighted by Gasteiger charge is 2.24. The lowest BCUT2D eigenvalue weighted by atomic mass is 10.2. The Hall–Kier alpha value is -1.40. The van der Waals surface area contributed by atoms with Crippen LogP contribution in [-0.2, 0) is 4.74 Å². The first-order valence-electron chi connectivity index (χ1n) is 5.68. The van der Waals surface area contributed by atoms with Crippen molar-refractivity contribution in [2.75, 3.05) is 18.0 Å². The second-order valence-electron chi connectivity index (χ2n) is 4.40. The minimum Gasteiger partial charge on any atom is -0.372 e. The number of rotatable bonds is 2. The SMILES string of the molecule is C[C@@H]1CN(c2ccc([N+](=O)[O-])c(Cl)n2)C[C@H](C)O1. The Bertz CT molecular complexity index is 459. The van der Waals surface area contributed by atoms with Crippen LogP contribution >= 0.6 is 11.6 Å². The van der Waals surface area contributed by atoms with Gasteiger partial charge in [0, 0.05) is 19.2 Å². The molecule has 0 aliphatic carbocycles. The van der Waals surface area contributed by atoms with Gasteiger partial charge in [0.25, 0.3) is 0 Å². The molecule has 2 heterocycles. The van der Waals surface area contributed by atoms with E-state index < -0.39 is 4.92 Å². The summed E-state index contributed by atoms with van der Waals surface area (Å²) in [6.07, 6.45) is 0.203. The second-order valence-corrected chi connectivity index (χ2v) is 4.76. The molecule has 1 fully saturated rings.